The Hall–Kier alpha value is -2.17. The molecule has 1 aliphatic heterocycles. The highest BCUT2D eigenvalue weighted by Crippen LogP contribution is 2.14. The van der Waals surface area contributed by atoms with Gasteiger partial charge >= 0.3 is 18.1 Å². The third kappa shape index (κ3) is 14.5. The van der Waals surface area contributed by atoms with E-state index < -0.39 is 29.9 Å². The Bertz CT molecular complexity index is 524. The highest BCUT2D eigenvalue weighted by atomic mass is 19.4. The molecule has 0 radical (unpaired) electrons. The van der Waals surface area contributed by atoms with E-state index in [-0.39, 0.29) is 30.9 Å². The number of carboxylic acid groups (broad SMARTS) is 1. The second-order valence-electron chi connectivity index (χ2n) is 6.68. The Morgan fingerprint density at radius 3 is 1.62 bits per heavy atom. The number of rotatable bonds is 12. The molecule has 168 valence electrons. The standard InChI is InChI=1S/C14H24F3NO3.C4H5NO3/c15-14(16,17)13(21)18-11-9-7-5-3-1-2-4-6-8-10-12(19)20;6-3-1-2-4(7)5(3)8/h1-11H2,(H,18,21)(H,19,20);8H,1-2H2. The first-order chi connectivity index (χ1) is 13.6. The van der Waals surface area contributed by atoms with E-state index in [0.29, 0.717) is 12.8 Å². The zero-order chi connectivity index (χ0) is 22.3. The van der Waals surface area contributed by atoms with Gasteiger partial charge in [-0.3, -0.25) is 24.4 Å². The van der Waals surface area contributed by atoms with Gasteiger partial charge in [-0.2, -0.15) is 18.2 Å². The monoisotopic (exact) mass is 426 g/mol. The Morgan fingerprint density at radius 1 is 0.862 bits per heavy atom. The SMILES string of the molecule is O=C(O)CCCCCCCCCCCNC(=O)C(F)(F)F.O=C1CCC(=O)N1O. The third-order valence-electron chi connectivity index (χ3n) is 4.14. The molecule has 0 atom stereocenters. The number of hydrogen-bond acceptors (Lipinski definition) is 5. The number of halogens is 3. The fourth-order valence-electron chi connectivity index (χ4n) is 2.51. The summed E-state index contributed by atoms with van der Waals surface area (Å²) in [5, 5.41) is 18.9. The first kappa shape index (κ1) is 26.8. The van der Waals surface area contributed by atoms with E-state index in [2.05, 4.69) is 0 Å². The molecule has 0 bridgehead atoms. The highest BCUT2D eigenvalue weighted by Gasteiger charge is 2.38. The maximum absolute atomic E-state index is 11.9. The maximum Gasteiger partial charge on any atom is 0.471 e. The number of amides is 3. The Kier molecular flexibility index (Phi) is 13.7. The topological polar surface area (TPSA) is 124 Å². The van der Waals surface area contributed by atoms with Crippen molar-refractivity contribution in [2.45, 2.75) is 83.2 Å². The lowest BCUT2D eigenvalue weighted by Crippen LogP contribution is -2.37. The summed E-state index contributed by atoms with van der Waals surface area (Å²) in [7, 11) is 0. The molecule has 8 nitrogen and oxygen atoms in total. The number of imide groups is 1. The van der Waals surface area contributed by atoms with Crippen LogP contribution in [0.25, 0.3) is 0 Å². The van der Waals surface area contributed by atoms with Crippen LogP contribution < -0.4 is 5.32 Å². The lowest BCUT2D eigenvalue weighted by atomic mass is 10.1. The van der Waals surface area contributed by atoms with Gasteiger partial charge in [0, 0.05) is 25.8 Å². The van der Waals surface area contributed by atoms with Crippen LogP contribution in [0.4, 0.5) is 13.2 Å². The fraction of sp³-hybridized carbons (Fsp3) is 0.778. The molecule has 11 heteroatoms. The molecule has 1 aliphatic rings. The summed E-state index contributed by atoms with van der Waals surface area (Å²) in [5.41, 5.74) is 0. The number of nitrogens with one attached hydrogen (secondary N) is 1. The normalized spacial score (nSPS) is 13.9. The largest absolute Gasteiger partial charge is 0.481 e. The van der Waals surface area contributed by atoms with E-state index in [9.17, 15) is 32.3 Å². The second-order valence-corrected chi connectivity index (χ2v) is 6.68. The van der Waals surface area contributed by atoms with Crippen LogP contribution in [0.2, 0.25) is 0 Å². The van der Waals surface area contributed by atoms with Crippen LogP contribution in [0.3, 0.4) is 0 Å². The molecule has 0 saturated carbocycles. The smallest absolute Gasteiger partial charge is 0.471 e. The lowest BCUT2D eigenvalue weighted by Gasteiger charge is -2.07. The van der Waals surface area contributed by atoms with Crippen molar-refractivity contribution in [3.05, 3.63) is 0 Å². The van der Waals surface area contributed by atoms with Crippen molar-refractivity contribution in [1.82, 2.24) is 10.4 Å². The van der Waals surface area contributed by atoms with Gasteiger partial charge in [-0.1, -0.05) is 44.9 Å². The summed E-state index contributed by atoms with van der Waals surface area (Å²) in [6.07, 6.45) is 3.83. The van der Waals surface area contributed by atoms with Gasteiger partial charge in [0.15, 0.2) is 0 Å². The quantitative estimate of drug-likeness (QED) is 0.250. The molecular weight excluding hydrogens is 397 g/mol. The van der Waals surface area contributed by atoms with Gasteiger partial charge in [0.1, 0.15) is 0 Å². The van der Waals surface area contributed by atoms with Crippen molar-refractivity contribution >= 4 is 23.7 Å². The number of hydrogen-bond donors (Lipinski definition) is 3. The number of alkyl halides is 3. The summed E-state index contributed by atoms with van der Waals surface area (Å²) in [5.74, 6) is -3.64. The molecule has 3 N–H and O–H groups in total. The van der Waals surface area contributed by atoms with Crippen LogP contribution in [0, 0.1) is 0 Å². The molecule has 1 saturated heterocycles. The van der Waals surface area contributed by atoms with Crippen molar-refractivity contribution in [3.8, 4) is 0 Å². The van der Waals surface area contributed by atoms with Crippen LogP contribution in [0.5, 0.6) is 0 Å². The van der Waals surface area contributed by atoms with Gasteiger partial charge in [-0.15, -0.1) is 0 Å². The minimum atomic E-state index is -4.79. The van der Waals surface area contributed by atoms with Gasteiger partial charge in [-0.05, 0) is 12.8 Å². The van der Waals surface area contributed by atoms with Crippen LogP contribution >= 0.6 is 0 Å². The molecule has 0 unspecified atom stereocenters. The third-order valence-corrected chi connectivity index (χ3v) is 4.14. The van der Waals surface area contributed by atoms with E-state index in [1.165, 1.54) is 0 Å². The van der Waals surface area contributed by atoms with Gasteiger partial charge in [-0.25, -0.2) is 0 Å². The molecule has 0 aromatic rings. The fourth-order valence-corrected chi connectivity index (χ4v) is 2.51. The predicted octanol–water partition coefficient (Wildman–Crippen LogP) is 3.18. The number of carbonyl (C=O) groups is 4. The van der Waals surface area contributed by atoms with E-state index in [0.717, 1.165) is 44.9 Å². The number of aliphatic carboxylic acids is 1. The van der Waals surface area contributed by atoms with Crippen LogP contribution in [0.15, 0.2) is 0 Å². The summed E-state index contributed by atoms with van der Waals surface area (Å²) < 4.78 is 35.6. The molecule has 1 heterocycles. The number of carbonyl (C=O) groups excluding carboxylic acids is 3. The minimum absolute atomic E-state index is 0.0630. The molecule has 0 aromatic heterocycles. The van der Waals surface area contributed by atoms with E-state index >= 15 is 0 Å². The molecule has 3 amide bonds. The predicted molar refractivity (Wildman–Crippen MR) is 95.7 cm³/mol. The van der Waals surface area contributed by atoms with Gasteiger partial charge < -0.3 is 10.4 Å². The Morgan fingerprint density at radius 2 is 1.28 bits per heavy atom. The number of hydroxylamine groups is 2. The summed E-state index contributed by atoms with van der Waals surface area (Å²) >= 11 is 0. The van der Waals surface area contributed by atoms with Crippen molar-refractivity contribution < 1.29 is 42.7 Å². The summed E-state index contributed by atoms with van der Waals surface area (Å²) in [4.78, 5) is 41.2. The second kappa shape index (κ2) is 14.8. The molecule has 0 spiro atoms. The maximum atomic E-state index is 11.9. The Balaban J connectivity index is 0.000000807. The number of carboxylic acids is 1. The molecule has 0 aromatic carbocycles. The number of nitrogens with zero attached hydrogens (tertiary/aromatic N) is 1. The van der Waals surface area contributed by atoms with Crippen molar-refractivity contribution in [1.29, 1.82) is 0 Å². The average Bonchev–Trinajstić information content (AvgIpc) is 2.93. The van der Waals surface area contributed by atoms with E-state index in [1.54, 1.807) is 0 Å². The average molecular weight is 426 g/mol. The van der Waals surface area contributed by atoms with Crippen LogP contribution in [-0.2, 0) is 19.2 Å². The first-order valence-electron chi connectivity index (χ1n) is 9.67. The molecule has 1 rings (SSSR count). The zero-order valence-corrected chi connectivity index (χ0v) is 16.3. The lowest BCUT2D eigenvalue weighted by molar-refractivity contribution is -0.173. The van der Waals surface area contributed by atoms with Crippen molar-refractivity contribution in [2.24, 2.45) is 0 Å². The first-order valence-corrected chi connectivity index (χ1v) is 9.67. The number of unbranched alkanes of at least 4 members (excludes halogenated alkanes) is 8. The van der Waals surface area contributed by atoms with Crippen LogP contribution in [0.1, 0.15) is 77.0 Å². The van der Waals surface area contributed by atoms with Gasteiger partial charge in [0.2, 0.25) is 0 Å². The van der Waals surface area contributed by atoms with E-state index in [4.69, 9.17) is 10.3 Å². The molecule has 29 heavy (non-hydrogen) atoms. The highest BCUT2D eigenvalue weighted by molar-refractivity contribution is 6.00. The Labute approximate surface area is 167 Å². The molecule has 0 aliphatic carbocycles. The molecular formula is C18H29F3N2O6. The summed E-state index contributed by atoms with van der Waals surface area (Å²) in [6.45, 7) is 0.0630. The van der Waals surface area contributed by atoms with Gasteiger partial charge in [0.25, 0.3) is 11.8 Å². The molecule has 1 fully saturated rings. The summed E-state index contributed by atoms with van der Waals surface area (Å²) in [6, 6.07) is 0. The van der Waals surface area contributed by atoms with Crippen molar-refractivity contribution in [3.63, 3.8) is 0 Å². The minimum Gasteiger partial charge on any atom is -0.481 e. The van der Waals surface area contributed by atoms with Gasteiger partial charge in [0.05, 0.1) is 0 Å². The zero-order valence-electron chi connectivity index (χ0n) is 16.3. The van der Waals surface area contributed by atoms with Crippen molar-refractivity contribution in [2.75, 3.05) is 6.54 Å². The van der Waals surface area contributed by atoms with E-state index in [1.807, 2.05) is 5.32 Å². The van der Waals surface area contributed by atoms with Crippen LogP contribution in [-0.4, -0.2) is 51.8 Å².